The highest BCUT2D eigenvalue weighted by atomic mass is 35.5. The third kappa shape index (κ3) is 4.87. The van der Waals surface area contributed by atoms with Crippen LogP contribution in [0.2, 0.25) is 0 Å². The molecular formula is C14H26ClNO. The summed E-state index contributed by atoms with van der Waals surface area (Å²) in [5.74, 6) is 1.75. The van der Waals surface area contributed by atoms with Crippen LogP contribution in [0.15, 0.2) is 0 Å². The Balaban J connectivity index is 2.29. The van der Waals surface area contributed by atoms with Crippen molar-refractivity contribution in [2.45, 2.75) is 52.9 Å². The zero-order valence-corrected chi connectivity index (χ0v) is 12.2. The normalized spacial score (nSPS) is 18.5. The van der Waals surface area contributed by atoms with Gasteiger partial charge in [-0.3, -0.25) is 4.79 Å². The maximum atomic E-state index is 11.9. The fraction of sp³-hybridized carbons (Fsp3) is 0.929. The van der Waals surface area contributed by atoms with Crippen LogP contribution >= 0.6 is 11.6 Å². The number of alkyl halides is 1. The van der Waals surface area contributed by atoms with E-state index in [1.54, 1.807) is 0 Å². The molecule has 1 heterocycles. The molecule has 0 saturated carbocycles. The van der Waals surface area contributed by atoms with Gasteiger partial charge in [0.15, 0.2) is 0 Å². The highest BCUT2D eigenvalue weighted by molar-refractivity contribution is 6.17. The number of piperidine rings is 1. The summed E-state index contributed by atoms with van der Waals surface area (Å²) in [6.45, 7) is 8.80. The molecule has 1 amide bonds. The Morgan fingerprint density at radius 2 is 1.82 bits per heavy atom. The largest absolute Gasteiger partial charge is 0.343 e. The van der Waals surface area contributed by atoms with Crippen LogP contribution in [0.4, 0.5) is 0 Å². The zero-order chi connectivity index (χ0) is 12.9. The summed E-state index contributed by atoms with van der Waals surface area (Å²) in [4.78, 5) is 14.0. The molecule has 1 aliphatic rings. The second-order valence-corrected chi connectivity index (χ2v) is 6.55. The lowest BCUT2D eigenvalue weighted by Gasteiger charge is -2.38. The predicted molar refractivity (Wildman–Crippen MR) is 73.3 cm³/mol. The molecule has 1 aliphatic heterocycles. The van der Waals surface area contributed by atoms with Crippen molar-refractivity contribution in [1.82, 2.24) is 4.90 Å². The minimum absolute atomic E-state index is 0.322. The van der Waals surface area contributed by atoms with Crippen molar-refractivity contribution < 1.29 is 4.79 Å². The predicted octanol–water partition coefficient (Wildman–Crippen LogP) is 3.68. The number of hydrogen-bond donors (Lipinski definition) is 0. The smallest absolute Gasteiger partial charge is 0.222 e. The standard InChI is InChI=1S/C14H26ClNO/c1-14(2,3)12-7-10-16(11-8-12)13(17)6-4-5-9-15/h12H,4-11H2,1-3H3. The average molecular weight is 260 g/mol. The maximum Gasteiger partial charge on any atom is 0.222 e. The van der Waals surface area contributed by atoms with Crippen LogP contribution in [0, 0.1) is 11.3 Å². The van der Waals surface area contributed by atoms with E-state index in [1.807, 2.05) is 4.90 Å². The number of likely N-dealkylation sites (tertiary alicyclic amines) is 1. The van der Waals surface area contributed by atoms with Crippen molar-refractivity contribution in [3.63, 3.8) is 0 Å². The van der Waals surface area contributed by atoms with Crippen molar-refractivity contribution in [3.05, 3.63) is 0 Å². The number of hydrogen-bond acceptors (Lipinski definition) is 1. The van der Waals surface area contributed by atoms with E-state index in [9.17, 15) is 4.79 Å². The molecule has 1 fully saturated rings. The van der Waals surface area contributed by atoms with Gasteiger partial charge in [0.05, 0.1) is 0 Å². The Morgan fingerprint density at radius 1 is 1.24 bits per heavy atom. The van der Waals surface area contributed by atoms with E-state index in [1.165, 1.54) is 0 Å². The van der Waals surface area contributed by atoms with Gasteiger partial charge in [-0.25, -0.2) is 0 Å². The molecule has 0 spiro atoms. The van der Waals surface area contributed by atoms with Gasteiger partial charge < -0.3 is 4.90 Å². The van der Waals surface area contributed by atoms with Gasteiger partial charge >= 0.3 is 0 Å². The van der Waals surface area contributed by atoms with Crippen molar-refractivity contribution in [1.29, 1.82) is 0 Å². The number of nitrogens with zero attached hydrogens (tertiary/aromatic N) is 1. The molecule has 2 nitrogen and oxygen atoms in total. The van der Waals surface area contributed by atoms with Crippen molar-refractivity contribution in [3.8, 4) is 0 Å². The monoisotopic (exact) mass is 259 g/mol. The van der Waals surface area contributed by atoms with Crippen molar-refractivity contribution >= 4 is 17.5 Å². The lowest BCUT2D eigenvalue weighted by atomic mass is 9.75. The molecule has 3 heteroatoms. The molecular weight excluding hydrogens is 234 g/mol. The molecule has 1 rings (SSSR count). The molecule has 0 aromatic heterocycles. The van der Waals surface area contributed by atoms with Gasteiger partial charge in [0, 0.05) is 25.4 Å². The summed E-state index contributed by atoms with van der Waals surface area (Å²) in [6, 6.07) is 0. The first kappa shape index (κ1) is 14.8. The summed E-state index contributed by atoms with van der Waals surface area (Å²) in [7, 11) is 0. The molecule has 0 bridgehead atoms. The molecule has 1 saturated heterocycles. The summed E-state index contributed by atoms with van der Waals surface area (Å²) in [5, 5.41) is 0. The molecule has 0 atom stereocenters. The van der Waals surface area contributed by atoms with Crippen molar-refractivity contribution in [2.24, 2.45) is 11.3 Å². The van der Waals surface area contributed by atoms with Crippen LogP contribution < -0.4 is 0 Å². The van der Waals surface area contributed by atoms with E-state index >= 15 is 0 Å². The number of carbonyl (C=O) groups excluding carboxylic acids is 1. The van der Waals surface area contributed by atoms with E-state index in [-0.39, 0.29) is 0 Å². The second kappa shape index (κ2) is 6.63. The van der Waals surface area contributed by atoms with Crippen LogP contribution in [-0.4, -0.2) is 29.8 Å². The summed E-state index contributed by atoms with van der Waals surface area (Å²) in [6.07, 6.45) is 4.87. The van der Waals surface area contributed by atoms with Crippen LogP contribution in [0.3, 0.4) is 0 Å². The Bertz CT molecular complexity index is 239. The molecule has 0 N–H and O–H groups in total. The van der Waals surface area contributed by atoms with Gasteiger partial charge in [0.1, 0.15) is 0 Å². The first-order chi connectivity index (χ1) is 7.95. The van der Waals surface area contributed by atoms with Crippen LogP contribution in [0.1, 0.15) is 52.9 Å². The molecule has 100 valence electrons. The Labute approximate surface area is 111 Å². The number of unbranched alkanes of at least 4 members (excludes halogenated alkanes) is 1. The minimum Gasteiger partial charge on any atom is -0.343 e. The van der Waals surface area contributed by atoms with Gasteiger partial charge in [-0.05, 0) is 37.0 Å². The molecule has 17 heavy (non-hydrogen) atoms. The summed E-state index contributed by atoms with van der Waals surface area (Å²) in [5.41, 5.74) is 0.383. The number of halogens is 1. The zero-order valence-electron chi connectivity index (χ0n) is 11.5. The topological polar surface area (TPSA) is 20.3 Å². The highest BCUT2D eigenvalue weighted by Crippen LogP contribution is 2.34. The van der Waals surface area contributed by atoms with E-state index in [2.05, 4.69) is 20.8 Å². The van der Waals surface area contributed by atoms with Crippen molar-refractivity contribution in [2.75, 3.05) is 19.0 Å². The van der Waals surface area contributed by atoms with Crippen LogP contribution in [0.5, 0.6) is 0 Å². The molecule has 0 aromatic carbocycles. The van der Waals surface area contributed by atoms with E-state index < -0.39 is 0 Å². The van der Waals surface area contributed by atoms with E-state index in [0.717, 1.165) is 44.7 Å². The van der Waals surface area contributed by atoms with Crippen LogP contribution in [0.25, 0.3) is 0 Å². The molecule has 0 aromatic rings. The highest BCUT2D eigenvalue weighted by Gasteiger charge is 2.29. The average Bonchev–Trinajstić information content (AvgIpc) is 2.28. The number of rotatable bonds is 4. The molecule has 0 aliphatic carbocycles. The Kier molecular flexibility index (Phi) is 5.78. The minimum atomic E-state index is 0.322. The van der Waals surface area contributed by atoms with Gasteiger partial charge in [0.2, 0.25) is 5.91 Å². The van der Waals surface area contributed by atoms with Gasteiger partial charge in [-0.15, -0.1) is 11.6 Å². The van der Waals surface area contributed by atoms with E-state index in [4.69, 9.17) is 11.6 Å². The lowest BCUT2D eigenvalue weighted by molar-refractivity contribution is -0.133. The fourth-order valence-electron chi connectivity index (χ4n) is 2.52. The second-order valence-electron chi connectivity index (χ2n) is 6.17. The Morgan fingerprint density at radius 3 is 2.29 bits per heavy atom. The third-order valence-corrected chi connectivity index (χ3v) is 4.11. The SMILES string of the molecule is CC(C)(C)C1CCN(C(=O)CCCCCl)CC1. The van der Waals surface area contributed by atoms with E-state index in [0.29, 0.717) is 23.6 Å². The van der Waals surface area contributed by atoms with Gasteiger partial charge in [0.25, 0.3) is 0 Å². The van der Waals surface area contributed by atoms with Gasteiger partial charge in [-0.2, -0.15) is 0 Å². The fourth-order valence-corrected chi connectivity index (χ4v) is 2.71. The molecule has 0 radical (unpaired) electrons. The first-order valence-corrected chi connectivity index (χ1v) is 7.32. The Hall–Kier alpha value is -0.240. The van der Waals surface area contributed by atoms with Crippen LogP contribution in [-0.2, 0) is 4.79 Å². The quantitative estimate of drug-likeness (QED) is 0.557. The number of carbonyl (C=O) groups is 1. The summed E-state index contributed by atoms with van der Waals surface area (Å²) >= 11 is 5.62. The lowest BCUT2D eigenvalue weighted by Crippen LogP contribution is -2.41. The van der Waals surface area contributed by atoms with Gasteiger partial charge in [-0.1, -0.05) is 20.8 Å². The molecule has 0 unspecified atom stereocenters. The number of amides is 1. The first-order valence-electron chi connectivity index (χ1n) is 6.79. The summed E-state index contributed by atoms with van der Waals surface area (Å²) < 4.78 is 0. The maximum absolute atomic E-state index is 11.9. The third-order valence-electron chi connectivity index (χ3n) is 3.85.